The first-order chi connectivity index (χ1) is 11.2. The standard InChI is InChI=1S/C18H29N3OS.HI/c1-14-6-7-16(15(2)12-14)17-13-21(9-10-22-17)18(19-3)20-8-5-11-23-4;/h6-7,12,17H,5,8-11,13H2,1-4H3,(H,19,20);1H. The van der Waals surface area contributed by atoms with Gasteiger partial charge < -0.3 is 15.0 Å². The van der Waals surface area contributed by atoms with Crippen molar-refractivity contribution >= 4 is 41.7 Å². The van der Waals surface area contributed by atoms with Crippen molar-refractivity contribution in [1.29, 1.82) is 0 Å². The van der Waals surface area contributed by atoms with Crippen LogP contribution in [0.4, 0.5) is 0 Å². The fraction of sp³-hybridized carbons (Fsp3) is 0.611. The Hall–Kier alpha value is -0.470. The van der Waals surface area contributed by atoms with Crippen LogP contribution < -0.4 is 5.32 Å². The van der Waals surface area contributed by atoms with Crippen LogP contribution in [0.15, 0.2) is 23.2 Å². The van der Waals surface area contributed by atoms with Crippen LogP contribution in [-0.2, 0) is 4.74 Å². The molecule has 0 aromatic heterocycles. The highest BCUT2D eigenvalue weighted by atomic mass is 127. The molecule has 1 fully saturated rings. The first-order valence-electron chi connectivity index (χ1n) is 8.29. The number of ether oxygens (including phenoxy) is 1. The molecular formula is C18H30IN3OS. The number of aliphatic imine (C=N–C) groups is 1. The Morgan fingerprint density at radius 1 is 1.42 bits per heavy atom. The van der Waals surface area contributed by atoms with E-state index in [1.807, 2.05) is 18.8 Å². The highest BCUT2D eigenvalue weighted by molar-refractivity contribution is 14.0. The van der Waals surface area contributed by atoms with Gasteiger partial charge in [0.15, 0.2) is 5.96 Å². The third-order valence-electron chi connectivity index (χ3n) is 4.16. The monoisotopic (exact) mass is 463 g/mol. The van der Waals surface area contributed by atoms with E-state index < -0.39 is 0 Å². The van der Waals surface area contributed by atoms with Gasteiger partial charge in [-0.3, -0.25) is 4.99 Å². The van der Waals surface area contributed by atoms with Gasteiger partial charge >= 0.3 is 0 Å². The van der Waals surface area contributed by atoms with Gasteiger partial charge in [-0.1, -0.05) is 23.8 Å². The number of benzene rings is 1. The van der Waals surface area contributed by atoms with Crippen LogP contribution in [0.2, 0.25) is 0 Å². The van der Waals surface area contributed by atoms with E-state index in [-0.39, 0.29) is 30.1 Å². The van der Waals surface area contributed by atoms with Gasteiger partial charge in [-0.2, -0.15) is 11.8 Å². The zero-order valence-electron chi connectivity index (χ0n) is 15.2. The number of aryl methyl sites for hydroxylation is 2. The van der Waals surface area contributed by atoms with E-state index in [1.54, 1.807) is 0 Å². The summed E-state index contributed by atoms with van der Waals surface area (Å²) in [4.78, 5) is 6.76. The molecule has 1 aromatic rings. The predicted molar refractivity (Wildman–Crippen MR) is 116 cm³/mol. The lowest BCUT2D eigenvalue weighted by Gasteiger charge is -2.35. The number of thioether (sulfide) groups is 1. The van der Waals surface area contributed by atoms with Gasteiger partial charge in [-0.05, 0) is 43.4 Å². The highest BCUT2D eigenvalue weighted by Crippen LogP contribution is 2.25. The molecule has 0 aliphatic carbocycles. The summed E-state index contributed by atoms with van der Waals surface area (Å²) >= 11 is 1.88. The second-order valence-corrected chi connectivity index (χ2v) is 6.97. The van der Waals surface area contributed by atoms with Crippen LogP contribution in [0.1, 0.15) is 29.2 Å². The maximum Gasteiger partial charge on any atom is 0.193 e. The summed E-state index contributed by atoms with van der Waals surface area (Å²) in [5, 5.41) is 3.48. The number of nitrogens with one attached hydrogen (secondary N) is 1. The van der Waals surface area contributed by atoms with Crippen molar-refractivity contribution in [3.05, 3.63) is 34.9 Å². The fourth-order valence-corrected chi connectivity index (χ4v) is 3.40. The number of hydrogen-bond acceptors (Lipinski definition) is 3. The molecule has 0 saturated carbocycles. The third-order valence-corrected chi connectivity index (χ3v) is 4.86. The zero-order valence-corrected chi connectivity index (χ0v) is 18.3. The quantitative estimate of drug-likeness (QED) is 0.313. The molecule has 0 bridgehead atoms. The molecule has 2 rings (SSSR count). The van der Waals surface area contributed by atoms with Gasteiger partial charge in [0.05, 0.1) is 13.2 Å². The lowest BCUT2D eigenvalue weighted by Crippen LogP contribution is -2.48. The molecule has 1 aromatic carbocycles. The van der Waals surface area contributed by atoms with Gasteiger partial charge in [0.2, 0.25) is 0 Å². The van der Waals surface area contributed by atoms with Crippen molar-refractivity contribution < 1.29 is 4.74 Å². The van der Waals surface area contributed by atoms with Crippen LogP contribution in [-0.4, -0.2) is 56.2 Å². The van der Waals surface area contributed by atoms with Crippen LogP contribution >= 0.6 is 35.7 Å². The van der Waals surface area contributed by atoms with E-state index in [2.05, 4.69) is 53.5 Å². The summed E-state index contributed by atoms with van der Waals surface area (Å²) in [7, 11) is 1.86. The minimum atomic E-state index is 0. The summed E-state index contributed by atoms with van der Waals surface area (Å²) in [6, 6.07) is 6.60. The summed E-state index contributed by atoms with van der Waals surface area (Å²) < 4.78 is 6.02. The molecule has 1 unspecified atom stereocenters. The minimum absolute atomic E-state index is 0. The lowest BCUT2D eigenvalue weighted by atomic mass is 10.00. The molecule has 6 heteroatoms. The van der Waals surface area contributed by atoms with E-state index >= 15 is 0 Å². The Balaban J connectivity index is 0.00000288. The smallest absolute Gasteiger partial charge is 0.193 e. The Morgan fingerprint density at radius 2 is 2.21 bits per heavy atom. The van der Waals surface area contributed by atoms with Crippen molar-refractivity contribution in [3.8, 4) is 0 Å². The minimum Gasteiger partial charge on any atom is -0.370 e. The number of rotatable bonds is 5. The number of halogens is 1. The SMILES string of the molecule is CN=C(NCCCSC)N1CCOC(c2ccc(C)cc2C)C1.I. The number of guanidine groups is 1. The van der Waals surface area contributed by atoms with Crippen LogP contribution in [0.5, 0.6) is 0 Å². The predicted octanol–water partition coefficient (Wildman–Crippen LogP) is 3.62. The normalized spacial score (nSPS) is 18.2. The van der Waals surface area contributed by atoms with Crippen LogP contribution in [0.3, 0.4) is 0 Å². The van der Waals surface area contributed by atoms with Gasteiger partial charge in [-0.25, -0.2) is 0 Å². The molecule has 1 saturated heterocycles. The molecule has 1 heterocycles. The molecule has 1 N–H and O–H groups in total. The van der Waals surface area contributed by atoms with Crippen molar-refractivity contribution in [2.45, 2.75) is 26.4 Å². The second kappa shape index (κ2) is 11.2. The molecule has 24 heavy (non-hydrogen) atoms. The first kappa shape index (κ1) is 21.6. The molecule has 0 radical (unpaired) electrons. The molecule has 4 nitrogen and oxygen atoms in total. The Bertz CT molecular complexity index is 539. The number of nitrogens with zero attached hydrogens (tertiary/aromatic N) is 2. The molecule has 136 valence electrons. The number of morpholine rings is 1. The van der Waals surface area contributed by atoms with E-state index in [0.29, 0.717) is 0 Å². The Morgan fingerprint density at radius 3 is 2.88 bits per heavy atom. The van der Waals surface area contributed by atoms with Crippen molar-refractivity contribution in [3.63, 3.8) is 0 Å². The van der Waals surface area contributed by atoms with Gasteiger partial charge in [0.1, 0.15) is 6.10 Å². The van der Waals surface area contributed by atoms with Crippen molar-refractivity contribution in [1.82, 2.24) is 10.2 Å². The molecule has 1 aliphatic heterocycles. The van der Waals surface area contributed by atoms with Crippen LogP contribution in [0.25, 0.3) is 0 Å². The molecule has 1 aliphatic rings. The highest BCUT2D eigenvalue weighted by Gasteiger charge is 2.25. The Kier molecular flexibility index (Phi) is 10.1. The Labute approximate surface area is 167 Å². The van der Waals surface area contributed by atoms with Gasteiger partial charge in [0.25, 0.3) is 0 Å². The third kappa shape index (κ3) is 6.11. The first-order valence-corrected chi connectivity index (χ1v) is 9.68. The lowest BCUT2D eigenvalue weighted by molar-refractivity contribution is -0.00830. The van der Waals surface area contributed by atoms with Crippen LogP contribution in [0, 0.1) is 13.8 Å². The molecule has 0 spiro atoms. The van der Waals surface area contributed by atoms with Gasteiger partial charge in [-0.15, -0.1) is 24.0 Å². The maximum atomic E-state index is 6.02. The van der Waals surface area contributed by atoms with Crippen molar-refractivity contribution in [2.75, 3.05) is 45.3 Å². The van der Waals surface area contributed by atoms with E-state index in [4.69, 9.17) is 4.74 Å². The maximum absolute atomic E-state index is 6.02. The molecule has 1 atom stereocenters. The topological polar surface area (TPSA) is 36.9 Å². The second-order valence-electron chi connectivity index (χ2n) is 5.99. The molecular weight excluding hydrogens is 433 g/mol. The fourth-order valence-electron chi connectivity index (χ4n) is 2.97. The summed E-state index contributed by atoms with van der Waals surface area (Å²) in [6.45, 7) is 7.75. The zero-order chi connectivity index (χ0) is 16.7. The van der Waals surface area contributed by atoms with Crippen molar-refractivity contribution in [2.24, 2.45) is 4.99 Å². The average Bonchev–Trinajstić information content (AvgIpc) is 2.55. The van der Waals surface area contributed by atoms with E-state index in [9.17, 15) is 0 Å². The van der Waals surface area contributed by atoms with E-state index in [1.165, 1.54) is 22.4 Å². The summed E-state index contributed by atoms with van der Waals surface area (Å²) in [5.74, 6) is 2.17. The van der Waals surface area contributed by atoms with E-state index in [0.717, 1.165) is 38.6 Å². The van der Waals surface area contributed by atoms with Gasteiger partial charge in [0, 0.05) is 20.1 Å². The largest absolute Gasteiger partial charge is 0.370 e. The summed E-state index contributed by atoms with van der Waals surface area (Å²) in [5.41, 5.74) is 3.89. The number of hydrogen-bond donors (Lipinski definition) is 1. The summed E-state index contributed by atoms with van der Waals surface area (Å²) in [6.07, 6.45) is 3.42. The molecule has 0 amide bonds. The average molecular weight is 463 g/mol.